The van der Waals surface area contributed by atoms with E-state index < -0.39 is 11.3 Å². The van der Waals surface area contributed by atoms with Crippen molar-refractivity contribution in [2.24, 2.45) is 10.1 Å². The lowest BCUT2D eigenvalue weighted by Crippen LogP contribution is -2.37. The molecule has 0 radical (unpaired) electrons. The fourth-order valence-corrected chi connectivity index (χ4v) is 4.89. The van der Waals surface area contributed by atoms with E-state index in [1.165, 1.54) is 7.11 Å². The molecule has 9 nitrogen and oxygen atoms in total. The predicted molar refractivity (Wildman–Crippen MR) is 137 cm³/mol. The number of aliphatic imine (C=N–C) groups is 1. The van der Waals surface area contributed by atoms with Crippen LogP contribution in [-0.2, 0) is 11.2 Å². The smallest absolute Gasteiger partial charge is 0.438 e. The van der Waals surface area contributed by atoms with Crippen LogP contribution in [0.4, 0.5) is 15.3 Å². The van der Waals surface area contributed by atoms with Crippen LogP contribution in [0.5, 0.6) is 11.5 Å². The number of hydrogen-bond acceptors (Lipinski definition) is 8. The van der Waals surface area contributed by atoms with Gasteiger partial charge in [-0.05, 0) is 55.2 Å². The Balaban J connectivity index is 1.71. The second-order valence-electron chi connectivity index (χ2n) is 7.85. The summed E-state index contributed by atoms with van der Waals surface area (Å²) in [5.74, 6) is 2.64. The average molecular weight is 497 g/mol. The zero-order valence-electron chi connectivity index (χ0n) is 20.2. The van der Waals surface area contributed by atoms with Gasteiger partial charge in [0.2, 0.25) is 0 Å². The molecule has 0 spiro atoms. The first-order chi connectivity index (χ1) is 17.0. The molecule has 0 aromatic heterocycles. The molecule has 0 bridgehead atoms. The Morgan fingerprint density at radius 1 is 1.14 bits per heavy atom. The summed E-state index contributed by atoms with van der Waals surface area (Å²) in [5.41, 5.74) is 4.64. The van der Waals surface area contributed by atoms with Gasteiger partial charge in [0.1, 0.15) is 17.3 Å². The Bertz CT molecular complexity index is 1200. The van der Waals surface area contributed by atoms with E-state index in [4.69, 9.17) is 14.5 Å². The molecule has 35 heavy (non-hydrogen) atoms. The number of benzene rings is 2. The number of carbonyl (C=O) groups is 2. The summed E-state index contributed by atoms with van der Waals surface area (Å²) in [4.78, 5) is 31.0. The van der Waals surface area contributed by atoms with Gasteiger partial charge in [-0.1, -0.05) is 17.8 Å². The summed E-state index contributed by atoms with van der Waals surface area (Å²) in [7, 11) is 4.50. The van der Waals surface area contributed by atoms with Crippen LogP contribution in [0.1, 0.15) is 30.0 Å². The highest BCUT2D eigenvalue weighted by molar-refractivity contribution is 8.14. The van der Waals surface area contributed by atoms with Gasteiger partial charge < -0.3 is 19.1 Å². The number of amides is 2. The molecule has 2 aromatic rings. The molecule has 2 heterocycles. The minimum absolute atomic E-state index is 0.389. The number of anilines is 1. The minimum atomic E-state index is -0.794. The third-order valence-electron chi connectivity index (χ3n) is 5.82. The molecule has 0 fully saturated rings. The third kappa shape index (κ3) is 4.97. The number of fused-ring (bicyclic) bond motifs is 1. The Hall–Kier alpha value is -3.53. The summed E-state index contributed by atoms with van der Waals surface area (Å²) in [5, 5.41) is 4.59. The summed E-state index contributed by atoms with van der Waals surface area (Å²) in [6, 6.07) is 11.8. The zero-order chi connectivity index (χ0) is 24.9. The van der Waals surface area contributed by atoms with Gasteiger partial charge in [-0.25, -0.2) is 4.79 Å². The van der Waals surface area contributed by atoms with Crippen molar-refractivity contribution in [3.63, 3.8) is 0 Å². The molecule has 0 unspecified atom stereocenters. The van der Waals surface area contributed by atoms with Crippen molar-refractivity contribution in [2.75, 3.05) is 45.1 Å². The number of methoxy groups -OCH3 is 3. The fourth-order valence-electron chi connectivity index (χ4n) is 4.17. The fraction of sp³-hybridized carbons (Fsp3) is 0.360. The molecule has 0 saturated heterocycles. The number of rotatable bonds is 5. The number of carbonyl (C=O) groups excluding carboxylic acids is 2. The Kier molecular flexibility index (Phi) is 7.60. The van der Waals surface area contributed by atoms with E-state index in [2.05, 4.69) is 26.9 Å². The van der Waals surface area contributed by atoms with Crippen molar-refractivity contribution >= 4 is 40.3 Å². The van der Waals surface area contributed by atoms with Crippen LogP contribution in [-0.4, -0.2) is 68.1 Å². The van der Waals surface area contributed by atoms with E-state index in [9.17, 15) is 9.59 Å². The number of nitrogens with zero attached hydrogens (tertiary/aromatic N) is 4. The van der Waals surface area contributed by atoms with Crippen LogP contribution in [0, 0.1) is 0 Å². The van der Waals surface area contributed by atoms with Gasteiger partial charge in [0.25, 0.3) is 0 Å². The highest BCUT2D eigenvalue weighted by atomic mass is 32.2. The third-order valence-corrected chi connectivity index (χ3v) is 6.66. The van der Waals surface area contributed by atoms with Gasteiger partial charge in [0.05, 0.1) is 32.6 Å². The lowest BCUT2D eigenvalue weighted by atomic mass is 9.96. The monoisotopic (exact) mass is 496 g/mol. The molecule has 4 rings (SSSR count). The van der Waals surface area contributed by atoms with Crippen LogP contribution < -0.4 is 14.4 Å². The number of aryl methyl sites for hydroxylation is 1. The number of ether oxygens (including phenoxy) is 3. The van der Waals surface area contributed by atoms with E-state index >= 15 is 0 Å². The summed E-state index contributed by atoms with van der Waals surface area (Å²) < 4.78 is 15.7. The van der Waals surface area contributed by atoms with Crippen LogP contribution in [0.15, 0.2) is 46.5 Å². The quantitative estimate of drug-likeness (QED) is 0.442. The summed E-state index contributed by atoms with van der Waals surface area (Å²) >= 11 is 1.03. The first kappa shape index (κ1) is 24.6. The summed E-state index contributed by atoms with van der Waals surface area (Å²) in [6.45, 7) is 3.46. The van der Waals surface area contributed by atoms with Crippen LogP contribution in [0.3, 0.4) is 0 Å². The maximum atomic E-state index is 12.1. The predicted octanol–water partition coefficient (Wildman–Crippen LogP) is 4.56. The first-order valence-corrected chi connectivity index (χ1v) is 12.3. The van der Waals surface area contributed by atoms with E-state index in [0.29, 0.717) is 23.8 Å². The normalized spacial score (nSPS) is 15.9. The maximum absolute atomic E-state index is 12.1. The Morgan fingerprint density at radius 3 is 2.69 bits per heavy atom. The van der Waals surface area contributed by atoms with Crippen molar-refractivity contribution in [3.05, 3.63) is 53.1 Å². The average Bonchev–Trinajstić information content (AvgIpc) is 2.90. The lowest BCUT2D eigenvalue weighted by molar-refractivity contribution is 0.137. The number of imide groups is 1. The molecule has 0 saturated carbocycles. The molecule has 2 aromatic carbocycles. The van der Waals surface area contributed by atoms with Crippen molar-refractivity contribution in [3.8, 4) is 11.5 Å². The van der Waals surface area contributed by atoms with Crippen molar-refractivity contribution in [1.82, 2.24) is 5.01 Å². The number of hydrogen-bond donors (Lipinski definition) is 0. The number of hydrazone groups is 1. The molecule has 2 aliphatic rings. The number of amidine groups is 1. The highest BCUT2D eigenvalue weighted by Gasteiger charge is 2.30. The van der Waals surface area contributed by atoms with E-state index in [0.717, 1.165) is 70.1 Å². The molecule has 2 aliphatic heterocycles. The van der Waals surface area contributed by atoms with Gasteiger partial charge >= 0.3 is 11.3 Å². The van der Waals surface area contributed by atoms with Crippen molar-refractivity contribution in [1.29, 1.82) is 0 Å². The van der Waals surface area contributed by atoms with Gasteiger partial charge in [-0.15, -0.1) is 5.01 Å². The SMILES string of the molecule is CCN=C(c1ccc(OC)cc1OC)N1CCCc2cc(C3=NN(C(=O)OC)C(=O)SC3)ccc21. The second-order valence-corrected chi connectivity index (χ2v) is 8.77. The van der Waals surface area contributed by atoms with Gasteiger partial charge in [-0.2, -0.15) is 5.10 Å². The molecule has 0 atom stereocenters. The molecule has 0 N–H and O–H groups in total. The summed E-state index contributed by atoms with van der Waals surface area (Å²) in [6.07, 6.45) is 1.06. The van der Waals surface area contributed by atoms with Crippen LogP contribution in [0.2, 0.25) is 0 Å². The van der Waals surface area contributed by atoms with Crippen molar-refractivity contribution < 1.29 is 23.8 Å². The Morgan fingerprint density at radius 2 is 1.97 bits per heavy atom. The van der Waals surface area contributed by atoms with E-state index in [1.54, 1.807) is 14.2 Å². The zero-order valence-corrected chi connectivity index (χ0v) is 21.1. The highest BCUT2D eigenvalue weighted by Crippen LogP contribution is 2.34. The molecule has 10 heteroatoms. The topological polar surface area (TPSA) is 93.0 Å². The second kappa shape index (κ2) is 10.8. The molecule has 0 aliphatic carbocycles. The molecular formula is C25H28N4O5S. The van der Waals surface area contributed by atoms with Gasteiger partial charge in [0.15, 0.2) is 0 Å². The maximum Gasteiger partial charge on any atom is 0.438 e. The number of thioether (sulfide) groups is 1. The molecular weight excluding hydrogens is 468 g/mol. The Labute approximate surface area is 208 Å². The van der Waals surface area contributed by atoms with Gasteiger partial charge in [-0.3, -0.25) is 9.79 Å². The molecule has 184 valence electrons. The standard InChI is InChI=1S/C25H28N4O5S/c1-5-26-23(19-10-9-18(32-2)14-22(19)33-3)28-12-6-7-17-13-16(8-11-21(17)28)20-15-35-25(31)29(27-20)24(30)34-4/h8-11,13-14H,5-7,12,15H2,1-4H3. The van der Waals surface area contributed by atoms with E-state index in [1.807, 2.05) is 31.2 Å². The van der Waals surface area contributed by atoms with Crippen LogP contribution >= 0.6 is 11.8 Å². The van der Waals surface area contributed by atoms with Crippen molar-refractivity contribution in [2.45, 2.75) is 19.8 Å². The van der Waals surface area contributed by atoms with Crippen LogP contribution in [0.25, 0.3) is 0 Å². The van der Waals surface area contributed by atoms with Gasteiger partial charge in [0, 0.05) is 30.6 Å². The first-order valence-electron chi connectivity index (χ1n) is 11.3. The largest absolute Gasteiger partial charge is 0.497 e. The minimum Gasteiger partial charge on any atom is -0.497 e. The van der Waals surface area contributed by atoms with E-state index in [-0.39, 0.29) is 0 Å². The lowest BCUT2D eigenvalue weighted by Gasteiger charge is -2.33. The molecule has 2 amide bonds.